The highest BCUT2D eigenvalue weighted by molar-refractivity contribution is 5.72. The second kappa shape index (κ2) is 5.80. The average molecular weight is 233 g/mol. The van der Waals surface area contributed by atoms with Crippen LogP contribution in [0.2, 0.25) is 0 Å². The number of nitrogens with two attached hydrogens (primary N) is 1. The van der Waals surface area contributed by atoms with Gasteiger partial charge in [0.2, 0.25) is 0 Å². The molecule has 0 radical (unpaired) electrons. The van der Waals surface area contributed by atoms with Crippen LogP contribution in [0, 0.1) is 5.92 Å². The second-order valence-electron chi connectivity index (χ2n) is 4.46. The van der Waals surface area contributed by atoms with Crippen molar-refractivity contribution < 1.29 is 4.42 Å². The van der Waals surface area contributed by atoms with Crippen LogP contribution in [0.4, 0.5) is 0 Å². The number of fused-ring (bicyclic) bond motifs is 1. The lowest BCUT2D eigenvalue weighted by Gasteiger charge is -2.09. The maximum Gasteiger partial charge on any atom is 0.181 e. The zero-order chi connectivity index (χ0) is 12.1. The van der Waals surface area contributed by atoms with Gasteiger partial charge in [0.05, 0.1) is 0 Å². The van der Waals surface area contributed by atoms with Crippen LogP contribution in [0.5, 0.6) is 0 Å². The number of hydrogen-bond acceptors (Lipinski definition) is 4. The fraction of sp³-hybridized carbons (Fsp3) is 0.462. The van der Waals surface area contributed by atoms with Gasteiger partial charge < -0.3 is 15.5 Å². The molecule has 0 spiro atoms. The summed E-state index contributed by atoms with van der Waals surface area (Å²) in [6, 6.07) is 6.09. The lowest BCUT2D eigenvalue weighted by atomic mass is 10.1. The number of nitrogens with one attached hydrogen (secondary N) is 1. The topological polar surface area (TPSA) is 64.1 Å². The first-order valence-electron chi connectivity index (χ1n) is 6.02. The summed E-state index contributed by atoms with van der Waals surface area (Å²) in [5.74, 6) is 0.583. The van der Waals surface area contributed by atoms with Crippen molar-refractivity contribution in [1.29, 1.82) is 0 Å². The largest absolute Gasteiger partial charge is 0.443 e. The minimum atomic E-state index is 0.583. The minimum Gasteiger partial charge on any atom is -0.443 e. The smallest absolute Gasteiger partial charge is 0.181 e. The molecule has 0 fully saturated rings. The van der Waals surface area contributed by atoms with Crippen molar-refractivity contribution >= 4 is 11.1 Å². The van der Waals surface area contributed by atoms with Gasteiger partial charge in [0, 0.05) is 6.54 Å². The highest BCUT2D eigenvalue weighted by Crippen LogP contribution is 2.14. The molecule has 0 aliphatic rings. The lowest BCUT2D eigenvalue weighted by Crippen LogP contribution is -2.20. The third-order valence-corrected chi connectivity index (χ3v) is 2.94. The Morgan fingerprint density at radius 2 is 2.35 bits per heavy atom. The van der Waals surface area contributed by atoms with Gasteiger partial charge in [-0.3, -0.25) is 0 Å². The van der Waals surface area contributed by atoms with E-state index in [0.717, 1.165) is 37.2 Å². The van der Waals surface area contributed by atoms with E-state index in [2.05, 4.69) is 23.3 Å². The lowest BCUT2D eigenvalue weighted by molar-refractivity contribution is 0.509. The standard InChI is InChI=1S/C13H19N3O/c1-10(7-14)4-5-15-8-11-2-3-12-13(6-11)17-9-16-12/h2-3,6,9-10,15H,4-5,7-8,14H2,1H3. The minimum absolute atomic E-state index is 0.583. The Hall–Kier alpha value is -1.39. The summed E-state index contributed by atoms with van der Waals surface area (Å²) >= 11 is 0. The Morgan fingerprint density at radius 1 is 1.47 bits per heavy atom. The van der Waals surface area contributed by atoms with Gasteiger partial charge in [-0.05, 0) is 43.1 Å². The third-order valence-electron chi connectivity index (χ3n) is 2.94. The van der Waals surface area contributed by atoms with E-state index in [1.54, 1.807) is 0 Å². The molecule has 3 N–H and O–H groups in total. The first kappa shape index (κ1) is 12.1. The quantitative estimate of drug-likeness (QED) is 0.748. The molecule has 0 amide bonds. The maximum atomic E-state index is 5.57. The van der Waals surface area contributed by atoms with Crippen molar-refractivity contribution in [3.05, 3.63) is 30.2 Å². The van der Waals surface area contributed by atoms with E-state index in [0.29, 0.717) is 5.92 Å². The van der Waals surface area contributed by atoms with Crippen LogP contribution in [0.3, 0.4) is 0 Å². The van der Waals surface area contributed by atoms with Gasteiger partial charge in [-0.2, -0.15) is 0 Å². The molecule has 92 valence electrons. The molecule has 0 saturated carbocycles. The van der Waals surface area contributed by atoms with Crippen LogP contribution in [0.25, 0.3) is 11.1 Å². The molecule has 2 rings (SSSR count). The highest BCUT2D eigenvalue weighted by Gasteiger charge is 2.01. The number of nitrogens with zero attached hydrogens (tertiary/aromatic N) is 1. The first-order valence-corrected chi connectivity index (χ1v) is 6.02. The predicted octanol–water partition coefficient (Wildman–Crippen LogP) is 1.90. The summed E-state index contributed by atoms with van der Waals surface area (Å²) < 4.78 is 5.27. The molecule has 0 saturated heterocycles. The van der Waals surface area contributed by atoms with E-state index in [-0.39, 0.29) is 0 Å². The van der Waals surface area contributed by atoms with E-state index >= 15 is 0 Å². The maximum absolute atomic E-state index is 5.57. The van der Waals surface area contributed by atoms with Gasteiger partial charge in [-0.1, -0.05) is 13.0 Å². The van der Waals surface area contributed by atoms with Crippen molar-refractivity contribution in [1.82, 2.24) is 10.3 Å². The number of aromatic nitrogens is 1. The molecule has 1 aromatic carbocycles. The van der Waals surface area contributed by atoms with E-state index in [1.165, 1.54) is 12.0 Å². The second-order valence-corrected chi connectivity index (χ2v) is 4.46. The van der Waals surface area contributed by atoms with Crippen molar-refractivity contribution in [3.63, 3.8) is 0 Å². The van der Waals surface area contributed by atoms with Crippen LogP contribution in [0.1, 0.15) is 18.9 Å². The van der Waals surface area contributed by atoms with Gasteiger partial charge in [-0.15, -0.1) is 0 Å². The molecule has 2 aromatic rings. The van der Waals surface area contributed by atoms with E-state index in [4.69, 9.17) is 10.2 Å². The Kier molecular flexibility index (Phi) is 4.12. The summed E-state index contributed by atoms with van der Waals surface area (Å²) in [6.07, 6.45) is 2.59. The summed E-state index contributed by atoms with van der Waals surface area (Å²) in [6.45, 7) is 4.77. The van der Waals surface area contributed by atoms with Crippen molar-refractivity contribution in [2.24, 2.45) is 11.7 Å². The molecule has 4 heteroatoms. The normalized spacial score (nSPS) is 13.1. The van der Waals surface area contributed by atoms with E-state index < -0.39 is 0 Å². The molecule has 1 atom stereocenters. The number of benzene rings is 1. The van der Waals surface area contributed by atoms with Gasteiger partial charge in [0.25, 0.3) is 0 Å². The number of rotatable bonds is 6. The van der Waals surface area contributed by atoms with Crippen LogP contribution in [-0.2, 0) is 6.54 Å². The summed E-state index contributed by atoms with van der Waals surface area (Å²) in [4.78, 5) is 4.09. The fourth-order valence-corrected chi connectivity index (χ4v) is 1.71. The molecule has 0 bridgehead atoms. The molecular formula is C13H19N3O. The average Bonchev–Trinajstić information content (AvgIpc) is 2.81. The molecule has 4 nitrogen and oxygen atoms in total. The summed E-state index contributed by atoms with van der Waals surface area (Å²) in [5, 5.41) is 3.41. The number of oxazole rings is 1. The Labute approximate surface area is 101 Å². The molecule has 17 heavy (non-hydrogen) atoms. The monoisotopic (exact) mass is 233 g/mol. The fourth-order valence-electron chi connectivity index (χ4n) is 1.71. The SMILES string of the molecule is CC(CN)CCNCc1ccc2ncoc2c1. The number of hydrogen-bond donors (Lipinski definition) is 2. The zero-order valence-electron chi connectivity index (χ0n) is 10.1. The van der Waals surface area contributed by atoms with Crippen LogP contribution >= 0.6 is 0 Å². The van der Waals surface area contributed by atoms with Crippen LogP contribution < -0.4 is 11.1 Å². The van der Waals surface area contributed by atoms with Gasteiger partial charge in [0.1, 0.15) is 5.52 Å². The molecular weight excluding hydrogens is 214 g/mol. The van der Waals surface area contributed by atoms with E-state index in [9.17, 15) is 0 Å². The third kappa shape index (κ3) is 3.28. The van der Waals surface area contributed by atoms with Crippen molar-refractivity contribution in [2.75, 3.05) is 13.1 Å². The van der Waals surface area contributed by atoms with Gasteiger partial charge >= 0.3 is 0 Å². The Morgan fingerprint density at radius 3 is 3.18 bits per heavy atom. The van der Waals surface area contributed by atoms with Crippen molar-refractivity contribution in [3.8, 4) is 0 Å². The Balaban J connectivity index is 1.82. The first-order chi connectivity index (χ1) is 8.29. The summed E-state index contributed by atoms with van der Waals surface area (Å²) in [5.41, 5.74) is 8.54. The molecule has 0 aliphatic heterocycles. The van der Waals surface area contributed by atoms with Crippen molar-refractivity contribution in [2.45, 2.75) is 19.9 Å². The molecule has 1 unspecified atom stereocenters. The van der Waals surface area contributed by atoms with Gasteiger partial charge in [0.15, 0.2) is 12.0 Å². The van der Waals surface area contributed by atoms with Crippen LogP contribution in [-0.4, -0.2) is 18.1 Å². The molecule has 1 aromatic heterocycles. The predicted molar refractivity (Wildman–Crippen MR) is 68.6 cm³/mol. The summed E-state index contributed by atoms with van der Waals surface area (Å²) in [7, 11) is 0. The molecule has 1 heterocycles. The Bertz CT molecular complexity index is 466. The zero-order valence-corrected chi connectivity index (χ0v) is 10.1. The van der Waals surface area contributed by atoms with Gasteiger partial charge in [-0.25, -0.2) is 4.98 Å². The van der Waals surface area contributed by atoms with Crippen LogP contribution in [0.15, 0.2) is 29.0 Å². The van der Waals surface area contributed by atoms with E-state index in [1.807, 2.05) is 12.1 Å². The molecule has 0 aliphatic carbocycles. The highest BCUT2D eigenvalue weighted by atomic mass is 16.3.